The van der Waals surface area contributed by atoms with E-state index in [1.54, 1.807) is 0 Å². The van der Waals surface area contributed by atoms with E-state index >= 15 is 0 Å². The van der Waals surface area contributed by atoms with Crippen LogP contribution in [0.1, 0.15) is 11.1 Å². The van der Waals surface area contributed by atoms with E-state index in [4.69, 9.17) is 8.83 Å². The summed E-state index contributed by atoms with van der Waals surface area (Å²) in [5, 5.41) is 29.7. The average Bonchev–Trinajstić information content (AvgIpc) is 4.00. The van der Waals surface area contributed by atoms with Crippen molar-refractivity contribution in [3.05, 3.63) is 169 Å². The second-order valence-corrected chi connectivity index (χ2v) is 14.3. The van der Waals surface area contributed by atoms with Gasteiger partial charge in [0.25, 0.3) is 0 Å². The van der Waals surface area contributed by atoms with Gasteiger partial charge in [-0.2, -0.15) is 10.5 Å². The molecule has 0 aliphatic rings. The summed E-state index contributed by atoms with van der Waals surface area (Å²) in [5.41, 5.74) is 11.5. The van der Waals surface area contributed by atoms with Gasteiger partial charge >= 0.3 is 0 Å². The van der Waals surface area contributed by atoms with Crippen molar-refractivity contribution in [3.8, 4) is 34.6 Å². The Kier molecular flexibility index (Phi) is 6.10. The Labute approximate surface area is 318 Å². The zero-order valence-corrected chi connectivity index (χ0v) is 29.6. The van der Waals surface area contributed by atoms with Crippen LogP contribution in [0.25, 0.3) is 110 Å². The van der Waals surface area contributed by atoms with Crippen LogP contribution >= 0.6 is 0 Å². The average molecular weight is 715 g/mol. The van der Waals surface area contributed by atoms with Gasteiger partial charge in [0.05, 0.1) is 61.4 Å². The first-order chi connectivity index (χ1) is 27.7. The fourth-order valence-electron chi connectivity index (χ4n) is 9.05. The SMILES string of the molecule is N#Cc1cccc(-c2cc(-n3c4ccccc4c4ccc5oc6ccccc6c5c43)c(C#N)cc2-n2c3ccccc3c3ccc4oc5ccccc5c4c32)c1. The van der Waals surface area contributed by atoms with Crippen LogP contribution in [0.5, 0.6) is 0 Å². The van der Waals surface area contributed by atoms with E-state index in [-0.39, 0.29) is 0 Å². The molecule has 0 amide bonds. The predicted octanol–water partition coefficient (Wildman–Crippen LogP) is 13.1. The molecule has 258 valence electrons. The number of nitriles is 2. The van der Waals surface area contributed by atoms with Crippen LogP contribution in [0.15, 0.2) is 167 Å². The summed E-state index contributed by atoms with van der Waals surface area (Å²) in [5.74, 6) is 0. The van der Waals surface area contributed by atoms with Crippen LogP contribution in [0, 0.1) is 22.7 Å². The standard InChI is InChI=1S/C50H26N4O2/c51-27-29-10-9-11-30(24-29)38-26-41(53-39-16-5-1-12-32(39)34-20-22-45-47(49(34)53)36-14-3-7-18-43(36)55-45)31(28-52)25-42(38)54-40-17-6-2-13-33(40)35-21-23-46-48(50(35)54)37-15-4-8-19-44(37)56-46/h1-26H. The topological polar surface area (TPSA) is 83.7 Å². The van der Waals surface area contributed by atoms with Gasteiger partial charge in [-0.3, -0.25) is 0 Å². The molecule has 8 aromatic carbocycles. The lowest BCUT2D eigenvalue weighted by atomic mass is 9.97. The van der Waals surface area contributed by atoms with E-state index < -0.39 is 0 Å². The monoisotopic (exact) mass is 714 g/mol. The maximum Gasteiger partial charge on any atom is 0.137 e. The van der Waals surface area contributed by atoms with Crippen molar-refractivity contribution in [2.45, 2.75) is 0 Å². The maximum atomic E-state index is 11.2. The van der Waals surface area contributed by atoms with Crippen LogP contribution < -0.4 is 0 Å². The Hall–Kier alpha value is -8.06. The first-order valence-corrected chi connectivity index (χ1v) is 18.5. The fourth-order valence-corrected chi connectivity index (χ4v) is 9.05. The van der Waals surface area contributed by atoms with E-state index in [0.717, 1.165) is 110 Å². The molecule has 0 aliphatic carbocycles. The molecule has 0 atom stereocenters. The van der Waals surface area contributed by atoms with Crippen molar-refractivity contribution in [2.75, 3.05) is 0 Å². The van der Waals surface area contributed by atoms with E-state index in [0.29, 0.717) is 11.1 Å². The zero-order chi connectivity index (χ0) is 37.1. The van der Waals surface area contributed by atoms with Crippen LogP contribution in [-0.2, 0) is 0 Å². The highest BCUT2D eigenvalue weighted by molar-refractivity contribution is 6.26. The van der Waals surface area contributed by atoms with Gasteiger partial charge in [-0.25, -0.2) is 0 Å². The molecule has 0 radical (unpaired) electrons. The van der Waals surface area contributed by atoms with Gasteiger partial charge in [0.15, 0.2) is 0 Å². The molecule has 4 aromatic heterocycles. The van der Waals surface area contributed by atoms with E-state index in [1.807, 2.05) is 78.9 Å². The van der Waals surface area contributed by atoms with Crippen molar-refractivity contribution in [2.24, 2.45) is 0 Å². The molecule has 56 heavy (non-hydrogen) atoms. The first-order valence-electron chi connectivity index (χ1n) is 18.5. The van der Waals surface area contributed by atoms with Crippen molar-refractivity contribution in [1.82, 2.24) is 9.13 Å². The molecule has 0 N–H and O–H groups in total. The van der Waals surface area contributed by atoms with Crippen molar-refractivity contribution in [1.29, 1.82) is 10.5 Å². The summed E-state index contributed by atoms with van der Waals surface area (Å²) in [4.78, 5) is 0. The van der Waals surface area contributed by atoms with Crippen molar-refractivity contribution < 1.29 is 8.83 Å². The van der Waals surface area contributed by atoms with Gasteiger partial charge < -0.3 is 18.0 Å². The Morgan fingerprint density at radius 1 is 0.411 bits per heavy atom. The van der Waals surface area contributed by atoms with Crippen LogP contribution in [0.4, 0.5) is 0 Å². The molecule has 0 saturated carbocycles. The number of para-hydroxylation sites is 4. The molecule has 0 fully saturated rings. The quantitative estimate of drug-likeness (QED) is 0.182. The highest BCUT2D eigenvalue weighted by atomic mass is 16.3. The van der Waals surface area contributed by atoms with Gasteiger partial charge in [-0.05, 0) is 78.4 Å². The molecule has 12 aromatic rings. The summed E-state index contributed by atoms with van der Waals surface area (Å²) >= 11 is 0. The third-order valence-corrected chi connectivity index (χ3v) is 11.4. The number of aromatic nitrogens is 2. The minimum absolute atomic E-state index is 0.503. The van der Waals surface area contributed by atoms with E-state index in [2.05, 4.69) is 100 Å². The minimum Gasteiger partial charge on any atom is -0.456 e. The smallest absolute Gasteiger partial charge is 0.137 e. The molecular formula is C50H26N4O2. The largest absolute Gasteiger partial charge is 0.456 e. The van der Waals surface area contributed by atoms with Crippen molar-refractivity contribution >= 4 is 87.5 Å². The third-order valence-electron chi connectivity index (χ3n) is 11.4. The highest BCUT2D eigenvalue weighted by Crippen LogP contribution is 2.46. The lowest BCUT2D eigenvalue weighted by Gasteiger charge is -2.19. The van der Waals surface area contributed by atoms with Crippen LogP contribution in [0.3, 0.4) is 0 Å². The van der Waals surface area contributed by atoms with Gasteiger partial charge in [0.1, 0.15) is 28.4 Å². The van der Waals surface area contributed by atoms with Gasteiger partial charge in [0.2, 0.25) is 0 Å². The normalized spacial score (nSPS) is 11.9. The second-order valence-electron chi connectivity index (χ2n) is 14.3. The maximum absolute atomic E-state index is 11.2. The summed E-state index contributed by atoms with van der Waals surface area (Å²) in [6.07, 6.45) is 0. The predicted molar refractivity (Wildman–Crippen MR) is 225 cm³/mol. The van der Waals surface area contributed by atoms with Gasteiger partial charge in [-0.1, -0.05) is 84.9 Å². The van der Waals surface area contributed by atoms with Gasteiger partial charge in [0, 0.05) is 37.9 Å². The molecule has 0 spiro atoms. The summed E-state index contributed by atoms with van der Waals surface area (Å²) < 4.78 is 17.3. The molecule has 4 heterocycles. The second kappa shape index (κ2) is 11.2. The number of furan rings is 2. The molecule has 6 nitrogen and oxygen atoms in total. The molecule has 0 aliphatic heterocycles. The lowest BCUT2D eigenvalue weighted by molar-refractivity contribution is 0.669. The molecule has 0 unspecified atom stereocenters. The Morgan fingerprint density at radius 2 is 0.946 bits per heavy atom. The molecule has 0 saturated heterocycles. The Balaban J connectivity index is 1.28. The Bertz CT molecular complexity index is 3750. The molecule has 0 bridgehead atoms. The molecule has 12 rings (SSSR count). The third kappa shape index (κ3) is 4.02. The number of benzene rings is 8. The first kappa shape index (κ1) is 30.4. The lowest BCUT2D eigenvalue weighted by Crippen LogP contribution is -2.04. The number of hydrogen-bond acceptors (Lipinski definition) is 4. The zero-order valence-electron chi connectivity index (χ0n) is 29.6. The number of nitrogens with zero attached hydrogens (tertiary/aromatic N) is 4. The van der Waals surface area contributed by atoms with E-state index in [9.17, 15) is 10.5 Å². The van der Waals surface area contributed by atoms with Crippen LogP contribution in [0.2, 0.25) is 0 Å². The van der Waals surface area contributed by atoms with Crippen LogP contribution in [-0.4, -0.2) is 9.13 Å². The number of fused-ring (bicyclic) bond motifs is 14. The molecule has 6 heteroatoms. The minimum atomic E-state index is 0.503. The van der Waals surface area contributed by atoms with E-state index in [1.165, 1.54) is 0 Å². The molecular weight excluding hydrogens is 689 g/mol. The van der Waals surface area contributed by atoms with Crippen molar-refractivity contribution in [3.63, 3.8) is 0 Å². The summed E-state index contributed by atoms with van der Waals surface area (Å²) in [7, 11) is 0. The number of hydrogen-bond donors (Lipinski definition) is 0. The summed E-state index contributed by atoms with van der Waals surface area (Å²) in [6, 6.07) is 58.2. The fraction of sp³-hybridized carbons (Fsp3) is 0. The Morgan fingerprint density at radius 3 is 1.52 bits per heavy atom. The van der Waals surface area contributed by atoms with Gasteiger partial charge in [-0.15, -0.1) is 0 Å². The highest BCUT2D eigenvalue weighted by Gasteiger charge is 2.25. The number of rotatable bonds is 3. The summed E-state index contributed by atoms with van der Waals surface area (Å²) in [6.45, 7) is 0.